The molecule has 2 aliphatic heterocycles. The van der Waals surface area contributed by atoms with Gasteiger partial charge in [0.2, 0.25) is 0 Å². The van der Waals surface area contributed by atoms with Gasteiger partial charge < -0.3 is 66.7 Å². The van der Waals surface area contributed by atoms with Gasteiger partial charge in [0.05, 0.1) is 0 Å². The van der Waals surface area contributed by atoms with Crippen LogP contribution in [0.5, 0.6) is 0 Å². The summed E-state index contributed by atoms with van der Waals surface area (Å²) in [6, 6.07) is 0. The molecule has 2 fully saturated rings. The van der Waals surface area contributed by atoms with E-state index in [-0.39, 0.29) is 28.0 Å². The van der Waals surface area contributed by atoms with E-state index in [1.165, 1.54) is 0 Å². The number of hydrogen-bond acceptors (Lipinski definition) is 4. The van der Waals surface area contributed by atoms with Crippen molar-refractivity contribution in [2.24, 2.45) is 0 Å². The third-order valence-electron chi connectivity index (χ3n) is 1.91. The van der Waals surface area contributed by atoms with Gasteiger partial charge in [-0.1, -0.05) is 0 Å². The second-order valence-electron chi connectivity index (χ2n) is 3.99. The first-order chi connectivity index (χ1) is 10.0. The Bertz CT molecular complexity index is 190. The zero-order valence-electron chi connectivity index (χ0n) is 13.1. The molecule has 2 heterocycles. The van der Waals surface area contributed by atoms with Crippen molar-refractivity contribution in [3.63, 3.8) is 0 Å². The molecule has 2 saturated heterocycles. The van der Waals surface area contributed by atoms with E-state index in [2.05, 4.69) is 21.3 Å². The first kappa shape index (κ1) is 35.9. The fourth-order valence-electron chi connectivity index (χ4n) is 1.21. The molecule has 0 bridgehead atoms. The normalized spacial score (nSPS) is 16.3. The minimum atomic E-state index is -6.00. The Labute approximate surface area is 151 Å². The van der Waals surface area contributed by atoms with Crippen molar-refractivity contribution in [2.75, 3.05) is 52.4 Å². The Hall–Kier alpha value is -0.151. The van der Waals surface area contributed by atoms with Crippen LogP contribution in [-0.4, -0.2) is 77.8 Å². The van der Waals surface area contributed by atoms with Crippen molar-refractivity contribution in [3.05, 3.63) is 0 Å². The molecule has 6 nitrogen and oxygen atoms in total. The minimum absolute atomic E-state index is 0. The van der Waals surface area contributed by atoms with E-state index in [0.29, 0.717) is 0 Å². The quantitative estimate of drug-likeness (QED) is 0.292. The Morgan fingerprint density at radius 1 is 0.400 bits per heavy atom. The van der Waals surface area contributed by atoms with Crippen LogP contribution in [-0.2, 0) is 17.1 Å². The first-order valence-electron chi connectivity index (χ1n) is 6.57. The van der Waals surface area contributed by atoms with Gasteiger partial charge in [-0.05, 0) is 0 Å². The second-order valence-corrected chi connectivity index (χ2v) is 3.99. The number of hydrogen-bond donors (Lipinski definition) is 4. The van der Waals surface area contributed by atoms with Crippen molar-refractivity contribution < 1.29 is 62.5 Å². The van der Waals surface area contributed by atoms with E-state index in [0.717, 1.165) is 52.4 Å². The molecule has 0 spiro atoms. The SMILES string of the molecule is C1CNCCN1.C1CNCCN1.F[B-](F)(F)F.F[B-](F)(F)F.O.O.[Cu+2]. The third kappa shape index (κ3) is 81.1. The molecule has 8 N–H and O–H groups in total. The van der Waals surface area contributed by atoms with Crippen LogP contribution < -0.4 is 21.3 Å². The maximum absolute atomic E-state index is 9.75. The summed E-state index contributed by atoms with van der Waals surface area (Å²) >= 11 is 0. The van der Waals surface area contributed by atoms with Crippen molar-refractivity contribution in [1.29, 1.82) is 0 Å². The van der Waals surface area contributed by atoms with E-state index in [4.69, 9.17) is 0 Å². The van der Waals surface area contributed by atoms with Gasteiger partial charge in [-0.2, -0.15) is 0 Å². The average Bonchev–Trinajstić information content (AvgIpc) is 2.40. The second kappa shape index (κ2) is 21.9. The van der Waals surface area contributed by atoms with Gasteiger partial charge in [-0.3, -0.25) is 0 Å². The van der Waals surface area contributed by atoms with Crippen molar-refractivity contribution in [3.8, 4) is 0 Å². The molecular weight excluding hydrogens is 421 g/mol. The van der Waals surface area contributed by atoms with Crippen LogP contribution in [0.3, 0.4) is 0 Å². The molecular formula is C8H24B2CuF8N4O2. The van der Waals surface area contributed by atoms with Gasteiger partial charge in [0.25, 0.3) is 0 Å². The molecule has 0 atom stereocenters. The molecule has 0 amide bonds. The average molecular weight is 445 g/mol. The van der Waals surface area contributed by atoms with Gasteiger partial charge in [-0.25, -0.2) is 0 Å². The van der Waals surface area contributed by atoms with Crippen LogP contribution in [0.25, 0.3) is 0 Å². The monoisotopic (exact) mass is 445 g/mol. The molecule has 161 valence electrons. The molecule has 2 rings (SSSR count). The predicted octanol–water partition coefficient (Wildman–Crippen LogP) is -0.693. The Morgan fingerprint density at radius 2 is 0.480 bits per heavy atom. The summed E-state index contributed by atoms with van der Waals surface area (Å²) < 4.78 is 78.0. The first-order valence-corrected chi connectivity index (χ1v) is 6.57. The predicted molar refractivity (Wildman–Crippen MR) is 79.1 cm³/mol. The van der Waals surface area contributed by atoms with Gasteiger partial charge in [0.1, 0.15) is 0 Å². The number of piperazine rings is 2. The maximum Gasteiger partial charge on any atom is 2.00 e. The van der Waals surface area contributed by atoms with Crippen LogP contribution >= 0.6 is 0 Å². The minimum Gasteiger partial charge on any atom is -0.418 e. The smallest absolute Gasteiger partial charge is 0.418 e. The van der Waals surface area contributed by atoms with Crippen molar-refractivity contribution in [2.45, 2.75) is 0 Å². The van der Waals surface area contributed by atoms with Crippen LogP contribution in [0.2, 0.25) is 0 Å². The van der Waals surface area contributed by atoms with Gasteiger partial charge in [-0.15, -0.1) is 0 Å². The van der Waals surface area contributed by atoms with Crippen LogP contribution in [0.15, 0.2) is 0 Å². The van der Waals surface area contributed by atoms with E-state index in [1.54, 1.807) is 0 Å². The number of rotatable bonds is 0. The van der Waals surface area contributed by atoms with Crippen molar-refractivity contribution >= 4 is 14.5 Å². The fraction of sp³-hybridized carbons (Fsp3) is 1.00. The molecule has 0 aromatic rings. The summed E-state index contributed by atoms with van der Waals surface area (Å²) in [6.07, 6.45) is 0. The molecule has 2 aliphatic rings. The Balaban J connectivity index is -0.0000000688. The maximum atomic E-state index is 9.75. The summed E-state index contributed by atoms with van der Waals surface area (Å²) in [4.78, 5) is 0. The zero-order chi connectivity index (χ0) is 17.5. The molecule has 1 radical (unpaired) electrons. The van der Waals surface area contributed by atoms with Crippen LogP contribution in [0.4, 0.5) is 34.5 Å². The topological polar surface area (TPSA) is 111 Å². The van der Waals surface area contributed by atoms with Gasteiger partial charge in [0, 0.05) is 52.4 Å². The molecule has 0 aliphatic carbocycles. The molecule has 0 saturated carbocycles. The zero-order valence-corrected chi connectivity index (χ0v) is 14.1. The Morgan fingerprint density at radius 3 is 0.520 bits per heavy atom. The molecule has 0 unspecified atom stereocenters. The molecule has 25 heavy (non-hydrogen) atoms. The summed E-state index contributed by atoms with van der Waals surface area (Å²) in [7, 11) is -12.0. The third-order valence-corrected chi connectivity index (χ3v) is 1.91. The van der Waals surface area contributed by atoms with Crippen LogP contribution in [0.1, 0.15) is 0 Å². The van der Waals surface area contributed by atoms with E-state index < -0.39 is 14.5 Å². The fourth-order valence-corrected chi connectivity index (χ4v) is 1.21. The van der Waals surface area contributed by atoms with E-state index in [9.17, 15) is 34.5 Å². The van der Waals surface area contributed by atoms with Gasteiger partial charge in [0.15, 0.2) is 0 Å². The molecule has 0 aromatic heterocycles. The van der Waals surface area contributed by atoms with Crippen LogP contribution in [0, 0.1) is 0 Å². The molecule has 0 aromatic carbocycles. The summed E-state index contributed by atoms with van der Waals surface area (Å²) in [5.41, 5.74) is 0. The largest absolute Gasteiger partial charge is 2.00 e. The number of halogens is 8. The van der Waals surface area contributed by atoms with E-state index >= 15 is 0 Å². The Kier molecular flexibility index (Phi) is 31.4. The standard InChI is InChI=1S/2C4H10N2.2BF4.Cu.2H2O/c2*1-2-6-4-3-5-1;2*2-1(3,4)5;;;/h2*5-6H,1-4H2;;;;2*1H2/q;;2*-1;+2;;. The summed E-state index contributed by atoms with van der Waals surface area (Å²) in [5.74, 6) is 0. The summed E-state index contributed by atoms with van der Waals surface area (Å²) in [6.45, 7) is 9.11. The summed E-state index contributed by atoms with van der Waals surface area (Å²) in [5, 5.41) is 12.9. The number of nitrogens with one attached hydrogen (secondary N) is 4. The van der Waals surface area contributed by atoms with Crippen molar-refractivity contribution in [1.82, 2.24) is 21.3 Å². The molecule has 17 heteroatoms. The van der Waals surface area contributed by atoms with Gasteiger partial charge >= 0.3 is 31.6 Å². The van der Waals surface area contributed by atoms with E-state index in [1.807, 2.05) is 0 Å².